The number of aromatic nitrogens is 1. The largest absolute Gasteiger partial charge is 0.484 e. The zero-order chi connectivity index (χ0) is 13.7. The van der Waals surface area contributed by atoms with Gasteiger partial charge in [-0.3, -0.25) is 0 Å². The van der Waals surface area contributed by atoms with E-state index >= 15 is 0 Å². The van der Waals surface area contributed by atoms with Gasteiger partial charge in [0.25, 0.3) is 0 Å². The highest BCUT2D eigenvalue weighted by molar-refractivity contribution is 7.11. The lowest BCUT2D eigenvalue weighted by atomic mass is 10.0. The molecule has 1 aliphatic carbocycles. The summed E-state index contributed by atoms with van der Waals surface area (Å²) in [5.74, 6) is 2.18. The fourth-order valence-electron chi connectivity index (χ4n) is 2.65. The SMILES string of the molecule is CC(C)Oc1c(N)nsc1NCCCC1CCCC1. The zero-order valence-corrected chi connectivity index (χ0v) is 12.8. The Morgan fingerprint density at radius 2 is 2.16 bits per heavy atom. The van der Waals surface area contributed by atoms with Crippen molar-refractivity contribution in [1.29, 1.82) is 0 Å². The number of nitrogens with two attached hydrogens (primary N) is 1. The highest BCUT2D eigenvalue weighted by atomic mass is 32.1. The first kappa shape index (κ1) is 14.4. The first-order valence-electron chi connectivity index (χ1n) is 7.32. The van der Waals surface area contributed by atoms with Gasteiger partial charge in [0, 0.05) is 6.54 Å². The summed E-state index contributed by atoms with van der Waals surface area (Å²) in [5, 5.41) is 4.38. The van der Waals surface area contributed by atoms with E-state index in [2.05, 4.69) is 9.69 Å². The Kier molecular flexibility index (Phi) is 5.31. The van der Waals surface area contributed by atoms with E-state index in [1.54, 1.807) is 0 Å². The van der Waals surface area contributed by atoms with Gasteiger partial charge in [-0.15, -0.1) is 0 Å². The van der Waals surface area contributed by atoms with Crippen LogP contribution in [0, 0.1) is 5.92 Å². The Morgan fingerprint density at radius 1 is 1.42 bits per heavy atom. The summed E-state index contributed by atoms with van der Waals surface area (Å²) in [6, 6.07) is 0. The molecule has 0 saturated heterocycles. The molecular formula is C14H25N3OS. The molecule has 3 N–H and O–H groups in total. The zero-order valence-electron chi connectivity index (χ0n) is 11.9. The van der Waals surface area contributed by atoms with Crippen LogP contribution in [0.25, 0.3) is 0 Å². The van der Waals surface area contributed by atoms with E-state index in [9.17, 15) is 0 Å². The minimum Gasteiger partial charge on any atom is -0.484 e. The number of hydrogen-bond donors (Lipinski definition) is 2. The van der Waals surface area contributed by atoms with Gasteiger partial charge in [-0.1, -0.05) is 25.7 Å². The summed E-state index contributed by atoms with van der Waals surface area (Å²) in [6.45, 7) is 4.98. The molecule has 1 aromatic heterocycles. The van der Waals surface area contributed by atoms with Gasteiger partial charge in [0.1, 0.15) is 0 Å². The highest BCUT2D eigenvalue weighted by Crippen LogP contribution is 2.36. The summed E-state index contributed by atoms with van der Waals surface area (Å²) >= 11 is 1.39. The van der Waals surface area contributed by atoms with Gasteiger partial charge in [-0.25, -0.2) is 0 Å². The molecule has 1 aromatic rings. The van der Waals surface area contributed by atoms with Crippen LogP contribution in [-0.2, 0) is 0 Å². The van der Waals surface area contributed by atoms with Gasteiger partial charge in [0.2, 0.25) is 0 Å². The first-order chi connectivity index (χ1) is 9.16. The van der Waals surface area contributed by atoms with E-state index in [0.29, 0.717) is 5.82 Å². The summed E-state index contributed by atoms with van der Waals surface area (Å²) in [4.78, 5) is 0. The van der Waals surface area contributed by atoms with Gasteiger partial charge in [0.05, 0.1) is 6.10 Å². The lowest BCUT2D eigenvalue weighted by molar-refractivity contribution is 0.245. The third kappa shape index (κ3) is 4.27. The number of ether oxygens (including phenoxy) is 1. The monoisotopic (exact) mass is 283 g/mol. The van der Waals surface area contributed by atoms with E-state index in [4.69, 9.17) is 10.5 Å². The number of nitrogens with one attached hydrogen (secondary N) is 1. The van der Waals surface area contributed by atoms with Crippen molar-refractivity contribution < 1.29 is 4.74 Å². The minimum atomic E-state index is 0.123. The van der Waals surface area contributed by atoms with Gasteiger partial charge in [-0.2, -0.15) is 4.37 Å². The summed E-state index contributed by atoms with van der Waals surface area (Å²) < 4.78 is 9.86. The summed E-state index contributed by atoms with van der Waals surface area (Å²) in [5.41, 5.74) is 5.83. The molecule has 0 unspecified atom stereocenters. The van der Waals surface area contributed by atoms with E-state index in [-0.39, 0.29) is 6.10 Å². The van der Waals surface area contributed by atoms with Crippen molar-refractivity contribution in [2.45, 2.75) is 58.5 Å². The van der Waals surface area contributed by atoms with Crippen molar-refractivity contribution in [3.63, 3.8) is 0 Å². The van der Waals surface area contributed by atoms with Crippen molar-refractivity contribution in [1.82, 2.24) is 4.37 Å². The van der Waals surface area contributed by atoms with Crippen LogP contribution in [0.2, 0.25) is 0 Å². The summed E-state index contributed by atoms with van der Waals surface area (Å²) in [7, 11) is 0. The second-order valence-electron chi connectivity index (χ2n) is 5.61. The molecule has 5 heteroatoms. The Bertz CT molecular complexity index is 386. The average Bonchev–Trinajstić information content (AvgIpc) is 2.98. The van der Waals surface area contributed by atoms with Crippen LogP contribution in [0.4, 0.5) is 10.8 Å². The molecule has 2 rings (SSSR count). The van der Waals surface area contributed by atoms with Crippen LogP contribution < -0.4 is 15.8 Å². The van der Waals surface area contributed by atoms with Crippen molar-refractivity contribution in [3.8, 4) is 5.75 Å². The van der Waals surface area contributed by atoms with Crippen LogP contribution in [0.5, 0.6) is 5.75 Å². The predicted molar refractivity (Wildman–Crippen MR) is 82.0 cm³/mol. The van der Waals surface area contributed by atoms with Gasteiger partial charge >= 0.3 is 0 Å². The third-order valence-corrected chi connectivity index (χ3v) is 4.38. The summed E-state index contributed by atoms with van der Waals surface area (Å²) in [6.07, 6.45) is 8.37. The molecule has 0 aliphatic heterocycles. The fourth-order valence-corrected chi connectivity index (χ4v) is 3.32. The molecule has 0 bridgehead atoms. The van der Waals surface area contributed by atoms with Crippen molar-refractivity contribution in [2.24, 2.45) is 5.92 Å². The maximum atomic E-state index is 5.83. The van der Waals surface area contributed by atoms with E-state index in [1.807, 2.05) is 13.8 Å². The lowest BCUT2D eigenvalue weighted by Crippen LogP contribution is -2.09. The van der Waals surface area contributed by atoms with Crippen molar-refractivity contribution in [2.75, 3.05) is 17.6 Å². The highest BCUT2D eigenvalue weighted by Gasteiger charge is 2.16. The number of rotatable bonds is 7. The molecule has 0 amide bonds. The Labute approximate surface area is 119 Å². The van der Waals surface area contributed by atoms with Crippen LogP contribution in [0.1, 0.15) is 52.4 Å². The number of nitrogen functional groups attached to an aromatic ring is 1. The molecule has 0 radical (unpaired) electrons. The van der Waals surface area contributed by atoms with Gasteiger partial charge in [0.15, 0.2) is 16.6 Å². The van der Waals surface area contributed by atoms with E-state index < -0.39 is 0 Å². The molecule has 1 saturated carbocycles. The standard InChI is InChI=1S/C14H25N3OS/c1-10(2)18-12-13(15)17-19-14(12)16-9-5-8-11-6-3-4-7-11/h10-11,16H,3-9H2,1-2H3,(H2,15,17). The normalized spacial score (nSPS) is 16.2. The molecule has 4 nitrogen and oxygen atoms in total. The van der Waals surface area contributed by atoms with Crippen molar-refractivity contribution in [3.05, 3.63) is 0 Å². The molecule has 19 heavy (non-hydrogen) atoms. The fraction of sp³-hybridized carbons (Fsp3) is 0.786. The first-order valence-corrected chi connectivity index (χ1v) is 8.10. The Balaban J connectivity index is 1.75. The van der Waals surface area contributed by atoms with Gasteiger partial charge in [-0.05, 0) is 44.1 Å². The second kappa shape index (κ2) is 6.98. The van der Waals surface area contributed by atoms with Crippen LogP contribution in [-0.4, -0.2) is 17.0 Å². The van der Waals surface area contributed by atoms with E-state index in [0.717, 1.165) is 23.2 Å². The molecule has 1 aliphatic rings. The lowest BCUT2D eigenvalue weighted by Gasteiger charge is -2.12. The quantitative estimate of drug-likeness (QED) is 0.745. The molecule has 108 valence electrons. The molecule has 0 aromatic carbocycles. The Morgan fingerprint density at radius 3 is 2.84 bits per heavy atom. The molecular weight excluding hydrogens is 258 g/mol. The average molecular weight is 283 g/mol. The van der Waals surface area contributed by atoms with Crippen molar-refractivity contribution >= 4 is 22.4 Å². The van der Waals surface area contributed by atoms with E-state index in [1.165, 1.54) is 50.1 Å². The van der Waals surface area contributed by atoms with Gasteiger partial charge < -0.3 is 15.8 Å². The maximum absolute atomic E-state index is 5.83. The molecule has 0 atom stereocenters. The third-order valence-electron chi connectivity index (χ3n) is 3.58. The van der Waals surface area contributed by atoms with Crippen LogP contribution >= 0.6 is 11.5 Å². The minimum absolute atomic E-state index is 0.123. The maximum Gasteiger partial charge on any atom is 0.197 e. The Hall–Kier alpha value is -0.970. The predicted octanol–water partition coefficient (Wildman–Crippen LogP) is 3.89. The number of anilines is 2. The number of hydrogen-bond acceptors (Lipinski definition) is 5. The second-order valence-corrected chi connectivity index (χ2v) is 6.39. The number of nitrogens with zero attached hydrogens (tertiary/aromatic N) is 1. The smallest absolute Gasteiger partial charge is 0.197 e. The molecule has 0 spiro atoms. The molecule has 1 heterocycles. The molecule has 1 fully saturated rings. The van der Waals surface area contributed by atoms with Crippen LogP contribution in [0.3, 0.4) is 0 Å². The topological polar surface area (TPSA) is 60.2 Å². The van der Waals surface area contributed by atoms with Crippen LogP contribution in [0.15, 0.2) is 0 Å².